The van der Waals surface area contributed by atoms with Gasteiger partial charge in [0.2, 0.25) is 11.8 Å². The van der Waals surface area contributed by atoms with E-state index in [-0.39, 0.29) is 24.5 Å². The van der Waals surface area contributed by atoms with Crippen molar-refractivity contribution in [1.82, 2.24) is 15.5 Å². The molecule has 1 aromatic rings. The van der Waals surface area contributed by atoms with Gasteiger partial charge in [0.1, 0.15) is 18.8 Å². The number of carbonyl (C=O) groups excluding carboxylic acids is 2. The zero-order chi connectivity index (χ0) is 17.6. The number of benzene rings is 1. The number of fused-ring (bicyclic) bond motifs is 1. The molecule has 2 heterocycles. The minimum atomic E-state index is -0.426. The summed E-state index contributed by atoms with van der Waals surface area (Å²) in [6, 6.07) is 7.13. The lowest BCUT2D eigenvalue weighted by Crippen LogP contribution is -2.49. The van der Waals surface area contributed by atoms with Crippen LogP contribution in [-0.4, -0.2) is 62.1 Å². The van der Waals surface area contributed by atoms with Crippen LogP contribution in [0.15, 0.2) is 24.3 Å². The number of hydrogen-bond donors (Lipinski definition) is 2. The molecule has 2 aliphatic heterocycles. The average Bonchev–Trinajstić information content (AvgIpc) is 2.79. The Kier molecular flexibility index (Phi) is 5.75. The van der Waals surface area contributed by atoms with E-state index < -0.39 is 6.04 Å². The third-order valence-corrected chi connectivity index (χ3v) is 4.37. The van der Waals surface area contributed by atoms with Gasteiger partial charge in [0.15, 0.2) is 11.5 Å². The predicted octanol–water partition coefficient (Wildman–Crippen LogP) is 0.543. The topological polar surface area (TPSA) is 79.9 Å². The number of nitrogens with zero attached hydrogens (tertiary/aromatic N) is 1. The standard InChI is InChI=1S/C18H25N3O4/c1-21(10-13-12-24-15-7-2-3-8-16(15)25-13)11-17(22)20-14-6-4-5-9-19-18(14)23/h2-3,7-8,13-14H,4-6,9-12H2,1H3,(H,19,23)(H,20,22). The molecule has 1 fully saturated rings. The van der Waals surface area contributed by atoms with Crippen molar-refractivity contribution in [3.05, 3.63) is 24.3 Å². The summed E-state index contributed by atoms with van der Waals surface area (Å²) in [4.78, 5) is 26.0. The van der Waals surface area contributed by atoms with Crippen LogP contribution in [0, 0.1) is 0 Å². The third-order valence-electron chi connectivity index (χ3n) is 4.37. The van der Waals surface area contributed by atoms with E-state index in [1.54, 1.807) is 0 Å². The minimum Gasteiger partial charge on any atom is -0.486 e. The summed E-state index contributed by atoms with van der Waals surface area (Å²) in [5.41, 5.74) is 0. The lowest BCUT2D eigenvalue weighted by atomic mass is 10.1. The summed E-state index contributed by atoms with van der Waals surface area (Å²) in [5, 5.41) is 5.65. The molecule has 0 aliphatic carbocycles. The van der Waals surface area contributed by atoms with E-state index in [4.69, 9.17) is 9.47 Å². The van der Waals surface area contributed by atoms with Crippen LogP contribution in [0.1, 0.15) is 19.3 Å². The Morgan fingerprint density at radius 2 is 2.12 bits per heavy atom. The number of carbonyl (C=O) groups is 2. The van der Waals surface area contributed by atoms with Gasteiger partial charge in [-0.05, 0) is 38.4 Å². The molecule has 7 heteroatoms. The van der Waals surface area contributed by atoms with Crippen molar-refractivity contribution in [2.24, 2.45) is 0 Å². The van der Waals surface area contributed by atoms with Gasteiger partial charge in [-0.3, -0.25) is 14.5 Å². The predicted molar refractivity (Wildman–Crippen MR) is 92.6 cm³/mol. The first-order chi connectivity index (χ1) is 12.1. The number of para-hydroxylation sites is 2. The highest BCUT2D eigenvalue weighted by Crippen LogP contribution is 2.30. The first kappa shape index (κ1) is 17.5. The van der Waals surface area contributed by atoms with Gasteiger partial charge in [-0.2, -0.15) is 0 Å². The molecule has 0 bridgehead atoms. The van der Waals surface area contributed by atoms with Crippen LogP contribution >= 0.6 is 0 Å². The van der Waals surface area contributed by atoms with Crippen molar-refractivity contribution in [2.45, 2.75) is 31.4 Å². The highest BCUT2D eigenvalue weighted by Gasteiger charge is 2.25. The molecule has 1 saturated heterocycles. The zero-order valence-corrected chi connectivity index (χ0v) is 14.5. The summed E-state index contributed by atoms with van der Waals surface area (Å²) < 4.78 is 11.6. The van der Waals surface area contributed by atoms with Crippen molar-refractivity contribution in [1.29, 1.82) is 0 Å². The Morgan fingerprint density at radius 3 is 2.96 bits per heavy atom. The molecule has 3 rings (SSSR count). The van der Waals surface area contributed by atoms with E-state index in [2.05, 4.69) is 10.6 Å². The SMILES string of the molecule is CN(CC(=O)NC1CCCCNC1=O)CC1COc2ccccc2O1. The number of amides is 2. The van der Waals surface area contributed by atoms with Crippen LogP contribution < -0.4 is 20.1 Å². The lowest BCUT2D eigenvalue weighted by Gasteiger charge is -2.29. The second kappa shape index (κ2) is 8.20. The molecule has 0 saturated carbocycles. The molecule has 2 unspecified atom stereocenters. The fraction of sp³-hybridized carbons (Fsp3) is 0.556. The molecule has 2 N–H and O–H groups in total. The van der Waals surface area contributed by atoms with Crippen LogP contribution in [-0.2, 0) is 9.59 Å². The highest BCUT2D eigenvalue weighted by atomic mass is 16.6. The first-order valence-corrected chi connectivity index (χ1v) is 8.76. The van der Waals surface area contributed by atoms with Gasteiger partial charge in [0.25, 0.3) is 0 Å². The first-order valence-electron chi connectivity index (χ1n) is 8.76. The van der Waals surface area contributed by atoms with Crippen LogP contribution in [0.3, 0.4) is 0 Å². The molecule has 25 heavy (non-hydrogen) atoms. The molecule has 0 aromatic heterocycles. The third kappa shape index (κ3) is 4.85. The molecule has 0 spiro atoms. The second-order valence-corrected chi connectivity index (χ2v) is 6.60. The van der Waals surface area contributed by atoms with Gasteiger partial charge in [0.05, 0.1) is 6.54 Å². The number of ether oxygens (including phenoxy) is 2. The van der Waals surface area contributed by atoms with Gasteiger partial charge >= 0.3 is 0 Å². The maximum atomic E-state index is 12.2. The van der Waals surface area contributed by atoms with Gasteiger partial charge in [0, 0.05) is 13.1 Å². The van der Waals surface area contributed by atoms with Crippen LogP contribution in [0.2, 0.25) is 0 Å². The van der Waals surface area contributed by atoms with E-state index >= 15 is 0 Å². The molecule has 2 atom stereocenters. The fourth-order valence-electron chi connectivity index (χ4n) is 3.13. The van der Waals surface area contributed by atoms with Crippen molar-refractivity contribution in [2.75, 3.05) is 33.3 Å². The summed E-state index contributed by atoms with van der Waals surface area (Å²) in [5.74, 6) is 1.24. The number of likely N-dealkylation sites (N-methyl/N-ethyl adjacent to an activating group) is 1. The van der Waals surface area contributed by atoms with E-state index in [1.165, 1.54) is 0 Å². The molecule has 2 amide bonds. The fourth-order valence-corrected chi connectivity index (χ4v) is 3.13. The van der Waals surface area contributed by atoms with E-state index in [0.29, 0.717) is 26.1 Å². The average molecular weight is 347 g/mol. The molecule has 1 aromatic carbocycles. The zero-order valence-electron chi connectivity index (χ0n) is 14.5. The summed E-state index contributed by atoms with van der Waals surface area (Å²) in [7, 11) is 1.86. The van der Waals surface area contributed by atoms with Gasteiger partial charge in [-0.25, -0.2) is 0 Å². The smallest absolute Gasteiger partial charge is 0.242 e. The Labute approximate surface area is 147 Å². The van der Waals surface area contributed by atoms with Crippen LogP contribution in [0.25, 0.3) is 0 Å². The number of nitrogens with one attached hydrogen (secondary N) is 2. The molecule has 136 valence electrons. The monoisotopic (exact) mass is 347 g/mol. The van der Waals surface area contributed by atoms with Gasteiger partial charge in [-0.15, -0.1) is 0 Å². The molecular formula is C18H25N3O4. The number of hydrogen-bond acceptors (Lipinski definition) is 5. The van der Waals surface area contributed by atoms with Crippen LogP contribution in [0.5, 0.6) is 11.5 Å². The van der Waals surface area contributed by atoms with Crippen molar-refractivity contribution >= 4 is 11.8 Å². The Hall–Kier alpha value is -2.28. The van der Waals surface area contributed by atoms with Crippen LogP contribution in [0.4, 0.5) is 0 Å². The molecular weight excluding hydrogens is 322 g/mol. The quantitative estimate of drug-likeness (QED) is 0.813. The second-order valence-electron chi connectivity index (χ2n) is 6.60. The molecule has 0 radical (unpaired) electrons. The van der Waals surface area contributed by atoms with Gasteiger partial charge in [-0.1, -0.05) is 12.1 Å². The van der Waals surface area contributed by atoms with Crippen molar-refractivity contribution in [3.63, 3.8) is 0 Å². The summed E-state index contributed by atoms with van der Waals surface area (Å²) >= 11 is 0. The maximum absolute atomic E-state index is 12.2. The lowest BCUT2D eigenvalue weighted by molar-refractivity contribution is -0.129. The minimum absolute atomic E-state index is 0.0888. The highest BCUT2D eigenvalue weighted by molar-refractivity contribution is 5.88. The normalized spacial score (nSPS) is 22.9. The summed E-state index contributed by atoms with van der Waals surface area (Å²) in [6.45, 7) is 1.92. The van der Waals surface area contributed by atoms with Crippen molar-refractivity contribution in [3.8, 4) is 11.5 Å². The maximum Gasteiger partial charge on any atom is 0.242 e. The van der Waals surface area contributed by atoms with E-state index in [0.717, 1.165) is 24.3 Å². The molecule has 2 aliphatic rings. The molecule has 7 nitrogen and oxygen atoms in total. The Bertz CT molecular complexity index is 622. The largest absolute Gasteiger partial charge is 0.486 e. The van der Waals surface area contributed by atoms with E-state index in [9.17, 15) is 9.59 Å². The Balaban J connectivity index is 1.45. The summed E-state index contributed by atoms with van der Waals surface area (Å²) in [6.07, 6.45) is 2.45. The van der Waals surface area contributed by atoms with E-state index in [1.807, 2.05) is 36.2 Å². The number of rotatable bonds is 5. The van der Waals surface area contributed by atoms with Gasteiger partial charge < -0.3 is 20.1 Å². The van der Waals surface area contributed by atoms with Crippen molar-refractivity contribution < 1.29 is 19.1 Å². The Morgan fingerprint density at radius 1 is 1.32 bits per heavy atom.